The Bertz CT molecular complexity index is 1240. The number of benzene rings is 2. The Labute approximate surface area is 173 Å². The van der Waals surface area contributed by atoms with Gasteiger partial charge in [-0.25, -0.2) is 4.98 Å². The molecule has 2 heterocycles. The summed E-state index contributed by atoms with van der Waals surface area (Å²) in [6, 6.07) is 22.0. The first-order chi connectivity index (χ1) is 14.6. The zero-order valence-corrected chi connectivity index (χ0v) is 16.5. The van der Waals surface area contributed by atoms with Crippen LogP contribution >= 0.6 is 0 Å². The van der Waals surface area contributed by atoms with Crippen LogP contribution in [0.2, 0.25) is 0 Å². The van der Waals surface area contributed by atoms with E-state index in [9.17, 15) is 10.1 Å². The van der Waals surface area contributed by atoms with E-state index in [2.05, 4.69) is 16.4 Å². The molecule has 0 radical (unpaired) electrons. The normalized spacial score (nSPS) is 12.7. The van der Waals surface area contributed by atoms with E-state index in [4.69, 9.17) is 9.15 Å². The van der Waals surface area contributed by atoms with Crippen molar-refractivity contribution in [3.63, 3.8) is 0 Å². The Morgan fingerprint density at radius 1 is 1.10 bits per heavy atom. The van der Waals surface area contributed by atoms with Gasteiger partial charge in [0.1, 0.15) is 11.1 Å². The summed E-state index contributed by atoms with van der Waals surface area (Å²) in [6.07, 6.45) is 1.58. The Balaban J connectivity index is 1.96. The maximum absolute atomic E-state index is 13.2. The van der Waals surface area contributed by atoms with Crippen LogP contribution in [0.4, 0.5) is 5.88 Å². The molecule has 6 heteroatoms. The van der Waals surface area contributed by atoms with Crippen LogP contribution in [0, 0.1) is 11.3 Å². The van der Waals surface area contributed by atoms with Gasteiger partial charge in [-0.15, -0.1) is 0 Å². The van der Waals surface area contributed by atoms with Crippen molar-refractivity contribution in [3.05, 3.63) is 89.6 Å². The molecule has 0 bridgehead atoms. The summed E-state index contributed by atoms with van der Waals surface area (Å²) in [6.45, 7) is 1.50. The Kier molecular flexibility index (Phi) is 4.95. The van der Waals surface area contributed by atoms with E-state index < -0.39 is 5.54 Å². The predicted molar refractivity (Wildman–Crippen MR) is 113 cm³/mol. The molecule has 0 amide bonds. The zero-order valence-electron chi connectivity index (χ0n) is 16.5. The molecule has 0 saturated heterocycles. The number of nitrogens with one attached hydrogen (secondary N) is 1. The number of carbonyl (C=O) groups is 1. The van der Waals surface area contributed by atoms with E-state index in [-0.39, 0.29) is 5.78 Å². The first-order valence-electron chi connectivity index (χ1n) is 9.36. The average Bonchev–Trinajstić information content (AvgIpc) is 3.19. The molecular formula is C24H19N3O3. The van der Waals surface area contributed by atoms with Gasteiger partial charge < -0.3 is 14.5 Å². The quantitative estimate of drug-likeness (QED) is 0.509. The van der Waals surface area contributed by atoms with Crippen molar-refractivity contribution in [1.82, 2.24) is 4.98 Å². The van der Waals surface area contributed by atoms with Crippen molar-refractivity contribution in [2.45, 2.75) is 12.5 Å². The number of fused-ring (bicyclic) bond motifs is 1. The summed E-state index contributed by atoms with van der Waals surface area (Å²) in [5.74, 6) is 0.636. The van der Waals surface area contributed by atoms with Crippen LogP contribution in [0.3, 0.4) is 0 Å². The standard InChI is InChI=1S/C24H19N3O3/c1-16(28)24(19-8-5-6-17(12-19)15-25,20-10-11-26-22(14-20)29-2)27-23-13-18-7-3-4-9-21(18)30-23/h3-14,27H,1-2H3. The maximum atomic E-state index is 13.2. The first kappa shape index (κ1) is 19.2. The fraction of sp³-hybridized carbons (Fsp3) is 0.125. The van der Waals surface area contributed by atoms with Crippen molar-refractivity contribution in [1.29, 1.82) is 5.26 Å². The number of para-hydroxylation sites is 1. The van der Waals surface area contributed by atoms with Gasteiger partial charge in [0.25, 0.3) is 0 Å². The lowest BCUT2D eigenvalue weighted by atomic mass is 9.79. The van der Waals surface area contributed by atoms with E-state index in [0.29, 0.717) is 34.0 Å². The van der Waals surface area contributed by atoms with Gasteiger partial charge in [0.05, 0.1) is 18.7 Å². The third-order valence-corrected chi connectivity index (χ3v) is 5.07. The molecule has 0 spiro atoms. The Hall–Kier alpha value is -4.11. The SMILES string of the molecule is COc1cc(C(Nc2cc3ccccc3o2)(C(C)=O)c2cccc(C#N)c2)ccn1. The first-order valence-corrected chi connectivity index (χ1v) is 9.36. The number of hydrogen-bond donors (Lipinski definition) is 1. The number of methoxy groups -OCH3 is 1. The van der Waals surface area contributed by atoms with E-state index in [1.54, 1.807) is 36.5 Å². The number of hydrogen-bond acceptors (Lipinski definition) is 6. The van der Waals surface area contributed by atoms with Crippen molar-refractivity contribution >= 4 is 22.6 Å². The molecule has 148 valence electrons. The largest absolute Gasteiger partial charge is 0.481 e. The highest BCUT2D eigenvalue weighted by Crippen LogP contribution is 2.37. The van der Waals surface area contributed by atoms with Crippen LogP contribution in [0.5, 0.6) is 5.88 Å². The molecule has 0 aliphatic carbocycles. The topological polar surface area (TPSA) is 88.1 Å². The van der Waals surface area contributed by atoms with E-state index in [0.717, 1.165) is 5.39 Å². The molecule has 1 atom stereocenters. The highest BCUT2D eigenvalue weighted by molar-refractivity contribution is 5.95. The van der Waals surface area contributed by atoms with E-state index in [1.807, 2.05) is 36.4 Å². The van der Waals surface area contributed by atoms with Crippen LogP contribution in [-0.4, -0.2) is 17.9 Å². The van der Waals surface area contributed by atoms with Gasteiger partial charge in [-0.2, -0.15) is 5.26 Å². The fourth-order valence-electron chi connectivity index (χ4n) is 3.61. The predicted octanol–water partition coefficient (Wildman–Crippen LogP) is 4.65. The monoisotopic (exact) mass is 397 g/mol. The molecule has 6 nitrogen and oxygen atoms in total. The molecule has 4 rings (SSSR count). The smallest absolute Gasteiger partial charge is 0.213 e. The third-order valence-electron chi connectivity index (χ3n) is 5.07. The molecule has 0 fully saturated rings. The molecular weight excluding hydrogens is 378 g/mol. The number of ether oxygens (including phenoxy) is 1. The summed E-state index contributed by atoms with van der Waals surface area (Å²) < 4.78 is 11.2. The molecule has 2 aromatic carbocycles. The number of anilines is 1. The van der Waals surface area contributed by atoms with Crippen molar-refractivity contribution < 1.29 is 13.9 Å². The second-order valence-corrected chi connectivity index (χ2v) is 6.86. The van der Waals surface area contributed by atoms with Crippen LogP contribution in [-0.2, 0) is 10.3 Å². The molecule has 0 aliphatic heterocycles. The minimum atomic E-state index is -1.31. The molecule has 2 aromatic heterocycles. The number of ketones is 1. The van der Waals surface area contributed by atoms with Gasteiger partial charge in [0.15, 0.2) is 11.7 Å². The van der Waals surface area contributed by atoms with Gasteiger partial charge >= 0.3 is 0 Å². The average molecular weight is 397 g/mol. The second kappa shape index (κ2) is 7.72. The van der Waals surface area contributed by atoms with Gasteiger partial charge in [0, 0.05) is 23.7 Å². The van der Waals surface area contributed by atoms with Crippen LogP contribution < -0.4 is 10.1 Å². The summed E-state index contributed by atoms with van der Waals surface area (Å²) in [5, 5.41) is 13.6. The highest BCUT2D eigenvalue weighted by atomic mass is 16.5. The third kappa shape index (κ3) is 3.27. The van der Waals surface area contributed by atoms with Crippen LogP contribution in [0.25, 0.3) is 11.0 Å². The van der Waals surface area contributed by atoms with Crippen LogP contribution in [0.15, 0.2) is 77.3 Å². The number of furan rings is 1. The lowest BCUT2D eigenvalue weighted by Crippen LogP contribution is -2.43. The zero-order chi connectivity index (χ0) is 21.1. The van der Waals surface area contributed by atoms with Crippen molar-refractivity contribution in [3.8, 4) is 11.9 Å². The summed E-state index contributed by atoms with van der Waals surface area (Å²) in [7, 11) is 1.52. The lowest BCUT2D eigenvalue weighted by Gasteiger charge is -2.33. The molecule has 30 heavy (non-hydrogen) atoms. The van der Waals surface area contributed by atoms with Gasteiger partial charge in [0.2, 0.25) is 5.88 Å². The molecule has 4 aromatic rings. The number of nitriles is 1. The molecule has 0 aliphatic rings. The Morgan fingerprint density at radius 2 is 1.90 bits per heavy atom. The van der Waals surface area contributed by atoms with Crippen LogP contribution in [0.1, 0.15) is 23.6 Å². The maximum Gasteiger partial charge on any atom is 0.213 e. The number of Topliss-reactive ketones (excluding diaryl/α,β-unsaturated/α-hetero) is 1. The fourth-order valence-corrected chi connectivity index (χ4v) is 3.61. The second-order valence-electron chi connectivity index (χ2n) is 6.86. The molecule has 1 unspecified atom stereocenters. The van der Waals surface area contributed by atoms with Crippen molar-refractivity contribution in [2.75, 3.05) is 12.4 Å². The number of aromatic nitrogens is 1. The van der Waals surface area contributed by atoms with E-state index in [1.165, 1.54) is 14.0 Å². The van der Waals surface area contributed by atoms with E-state index >= 15 is 0 Å². The minimum absolute atomic E-state index is 0.175. The number of carbonyl (C=O) groups excluding carboxylic acids is 1. The summed E-state index contributed by atoms with van der Waals surface area (Å²) in [5.41, 5.74) is 1.08. The van der Waals surface area contributed by atoms with Gasteiger partial charge in [-0.3, -0.25) is 4.79 Å². The summed E-state index contributed by atoms with van der Waals surface area (Å²) >= 11 is 0. The lowest BCUT2D eigenvalue weighted by molar-refractivity contribution is -0.120. The summed E-state index contributed by atoms with van der Waals surface area (Å²) in [4.78, 5) is 17.4. The number of pyridine rings is 1. The Morgan fingerprint density at radius 3 is 2.63 bits per heavy atom. The van der Waals surface area contributed by atoms with Crippen molar-refractivity contribution in [2.24, 2.45) is 0 Å². The van der Waals surface area contributed by atoms with Gasteiger partial charge in [-0.1, -0.05) is 30.3 Å². The molecule has 1 N–H and O–H groups in total. The molecule has 0 saturated carbocycles. The van der Waals surface area contributed by atoms with Gasteiger partial charge in [-0.05, 0) is 42.3 Å². The number of nitrogens with zero attached hydrogens (tertiary/aromatic N) is 2. The minimum Gasteiger partial charge on any atom is -0.481 e. The highest BCUT2D eigenvalue weighted by Gasteiger charge is 2.41. The number of rotatable bonds is 6.